The molecule has 0 saturated heterocycles. The Labute approximate surface area is 175 Å². The fourth-order valence-electron chi connectivity index (χ4n) is 2.69. The summed E-state index contributed by atoms with van der Waals surface area (Å²) >= 11 is 1.46. The summed E-state index contributed by atoms with van der Waals surface area (Å²) in [5, 5.41) is 5.50. The second kappa shape index (κ2) is 9.89. The number of anilines is 2. The van der Waals surface area contributed by atoms with Gasteiger partial charge in [0.15, 0.2) is 0 Å². The van der Waals surface area contributed by atoms with Crippen molar-refractivity contribution >= 4 is 35.1 Å². The van der Waals surface area contributed by atoms with Crippen LogP contribution in [-0.2, 0) is 4.79 Å². The first kappa shape index (κ1) is 20.6. The summed E-state index contributed by atoms with van der Waals surface area (Å²) in [5.41, 5.74) is 2.41. The molecular weight excluding hydrogens is 382 g/mol. The summed E-state index contributed by atoms with van der Waals surface area (Å²) in [4.78, 5) is 30.1. The quantitative estimate of drug-likeness (QED) is 0.533. The highest BCUT2D eigenvalue weighted by Gasteiger charge is 2.18. The number of hydrogen-bond acceptors (Lipinski definition) is 4. The second-order valence-electron chi connectivity index (χ2n) is 6.57. The van der Waals surface area contributed by atoms with Crippen molar-refractivity contribution in [2.45, 2.75) is 30.4 Å². The van der Waals surface area contributed by atoms with Crippen LogP contribution in [0.25, 0.3) is 0 Å². The summed E-state index contributed by atoms with van der Waals surface area (Å²) in [6, 6.07) is 20.3. The summed E-state index contributed by atoms with van der Waals surface area (Å²) in [6.45, 7) is 3.95. The van der Waals surface area contributed by atoms with Gasteiger partial charge in [-0.3, -0.25) is 9.59 Å². The van der Waals surface area contributed by atoms with Crippen LogP contribution < -0.4 is 10.6 Å². The zero-order valence-corrected chi connectivity index (χ0v) is 17.2. The van der Waals surface area contributed by atoms with E-state index in [0.29, 0.717) is 23.5 Å². The molecule has 0 fully saturated rings. The standard InChI is InChI=1S/C23H23N3O2S/c1-3-20(23(28)26-21-9-4-5-14-24-21)29-19-8-6-7-18(15-19)25-22(27)17-12-10-16(2)11-13-17/h4-15,20H,3H2,1-2H3,(H,25,27)(H,24,26,28). The maximum Gasteiger partial charge on any atom is 0.255 e. The third-order valence-corrected chi connectivity index (χ3v) is 5.62. The van der Waals surface area contributed by atoms with E-state index in [9.17, 15) is 9.59 Å². The second-order valence-corrected chi connectivity index (χ2v) is 7.84. The molecule has 6 heteroatoms. The van der Waals surface area contributed by atoms with E-state index in [1.807, 2.05) is 56.3 Å². The van der Waals surface area contributed by atoms with Crippen LogP contribution in [0.1, 0.15) is 29.3 Å². The molecule has 2 N–H and O–H groups in total. The van der Waals surface area contributed by atoms with Crippen LogP contribution in [0, 0.1) is 6.92 Å². The number of carbonyl (C=O) groups excluding carboxylic acids is 2. The maximum absolute atomic E-state index is 12.6. The Morgan fingerprint density at radius 2 is 1.79 bits per heavy atom. The van der Waals surface area contributed by atoms with Crippen molar-refractivity contribution in [3.63, 3.8) is 0 Å². The Morgan fingerprint density at radius 1 is 1.00 bits per heavy atom. The monoisotopic (exact) mass is 405 g/mol. The van der Waals surface area contributed by atoms with Crippen molar-refractivity contribution in [2.24, 2.45) is 0 Å². The minimum atomic E-state index is -0.264. The molecule has 1 atom stereocenters. The van der Waals surface area contributed by atoms with E-state index in [1.165, 1.54) is 11.8 Å². The van der Waals surface area contributed by atoms with Gasteiger partial charge in [-0.05, 0) is 55.8 Å². The van der Waals surface area contributed by atoms with Crippen molar-refractivity contribution < 1.29 is 9.59 Å². The normalized spacial score (nSPS) is 11.5. The third kappa shape index (κ3) is 5.93. The topological polar surface area (TPSA) is 71.1 Å². The number of rotatable bonds is 7. The van der Waals surface area contributed by atoms with Gasteiger partial charge in [-0.25, -0.2) is 4.98 Å². The van der Waals surface area contributed by atoms with Gasteiger partial charge in [0.25, 0.3) is 5.91 Å². The molecular formula is C23H23N3O2S. The van der Waals surface area contributed by atoms with Gasteiger partial charge >= 0.3 is 0 Å². The molecule has 0 saturated carbocycles. The molecule has 3 aromatic rings. The van der Waals surface area contributed by atoms with Gasteiger partial charge in [-0.15, -0.1) is 11.8 Å². The van der Waals surface area contributed by atoms with E-state index < -0.39 is 0 Å². The molecule has 0 aliphatic carbocycles. The smallest absolute Gasteiger partial charge is 0.255 e. The van der Waals surface area contributed by atoms with E-state index in [1.54, 1.807) is 30.5 Å². The number of nitrogens with zero attached hydrogens (tertiary/aromatic N) is 1. The van der Waals surface area contributed by atoms with Gasteiger partial charge in [0.05, 0.1) is 5.25 Å². The Hall–Kier alpha value is -3.12. The first-order valence-electron chi connectivity index (χ1n) is 9.42. The van der Waals surface area contributed by atoms with Crippen LogP contribution in [0.5, 0.6) is 0 Å². The first-order valence-corrected chi connectivity index (χ1v) is 10.3. The van der Waals surface area contributed by atoms with Gasteiger partial charge in [0.1, 0.15) is 5.82 Å². The Morgan fingerprint density at radius 3 is 2.48 bits per heavy atom. The molecule has 0 radical (unpaired) electrons. The van der Waals surface area contributed by atoms with Crippen LogP contribution in [0.15, 0.2) is 77.8 Å². The number of benzene rings is 2. The summed E-state index contributed by atoms with van der Waals surface area (Å²) in [5.74, 6) is 0.285. The first-order chi connectivity index (χ1) is 14.0. The number of thioether (sulfide) groups is 1. The molecule has 0 bridgehead atoms. The number of aryl methyl sites for hydroxylation is 1. The van der Waals surface area contributed by atoms with Crippen molar-refractivity contribution in [1.29, 1.82) is 0 Å². The molecule has 0 aliphatic rings. The Balaban J connectivity index is 1.65. The molecule has 0 aliphatic heterocycles. The zero-order chi connectivity index (χ0) is 20.6. The summed E-state index contributed by atoms with van der Waals surface area (Å²) < 4.78 is 0. The van der Waals surface area contributed by atoms with Gasteiger partial charge in [0.2, 0.25) is 5.91 Å². The largest absolute Gasteiger partial charge is 0.322 e. The lowest BCUT2D eigenvalue weighted by atomic mass is 10.1. The van der Waals surface area contributed by atoms with Crippen molar-refractivity contribution in [1.82, 2.24) is 4.98 Å². The van der Waals surface area contributed by atoms with Crippen molar-refractivity contribution in [3.8, 4) is 0 Å². The SMILES string of the molecule is CCC(Sc1cccc(NC(=O)c2ccc(C)cc2)c1)C(=O)Nc1ccccn1. The average molecular weight is 406 g/mol. The van der Waals surface area contributed by atoms with Crippen LogP contribution in [0.3, 0.4) is 0 Å². The number of hydrogen-bond donors (Lipinski definition) is 2. The number of nitrogens with one attached hydrogen (secondary N) is 2. The molecule has 2 amide bonds. The number of carbonyl (C=O) groups is 2. The molecule has 3 rings (SSSR count). The lowest BCUT2D eigenvalue weighted by Gasteiger charge is -2.15. The fourth-order valence-corrected chi connectivity index (χ4v) is 3.70. The molecule has 0 spiro atoms. The molecule has 1 aromatic heterocycles. The predicted octanol–water partition coefficient (Wildman–Crippen LogP) is 5.15. The minimum Gasteiger partial charge on any atom is -0.322 e. The van der Waals surface area contributed by atoms with E-state index in [2.05, 4.69) is 15.6 Å². The minimum absolute atomic E-state index is 0.0923. The highest BCUT2D eigenvalue weighted by Crippen LogP contribution is 2.28. The van der Waals surface area contributed by atoms with Crippen LogP contribution in [0.4, 0.5) is 11.5 Å². The summed E-state index contributed by atoms with van der Waals surface area (Å²) in [7, 11) is 0. The van der Waals surface area contributed by atoms with E-state index in [0.717, 1.165) is 10.5 Å². The van der Waals surface area contributed by atoms with Crippen LogP contribution >= 0.6 is 11.8 Å². The van der Waals surface area contributed by atoms with Gasteiger partial charge < -0.3 is 10.6 Å². The van der Waals surface area contributed by atoms with E-state index in [4.69, 9.17) is 0 Å². The Kier molecular flexibility index (Phi) is 7.03. The number of aromatic nitrogens is 1. The fraction of sp³-hybridized carbons (Fsp3) is 0.174. The third-order valence-electron chi connectivity index (χ3n) is 4.26. The molecule has 2 aromatic carbocycles. The number of pyridine rings is 1. The van der Waals surface area contributed by atoms with E-state index in [-0.39, 0.29) is 17.1 Å². The highest BCUT2D eigenvalue weighted by atomic mass is 32.2. The molecule has 1 unspecified atom stereocenters. The lowest BCUT2D eigenvalue weighted by molar-refractivity contribution is -0.115. The van der Waals surface area contributed by atoms with Crippen molar-refractivity contribution in [2.75, 3.05) is 10.6 Å². The van der Waals surface area contributed by atoms with Gasteiger partial charge in [-0.2, -0.15) is 0 Å². The summed E-state index contributed by atoms with van der Waals surface area (Å²) in [6.07, 6.45) is 2.31. The lowest BCUT2D eigenvalue weighted by Crippen LogP contribution is -2.25. The van der Waals surface area contributed by atoms with Crippen molar-refractivity contribution in [3.05, 3.63) is 84.1 Å². The molecule has 29 heavy (non-hydrogen) atoms. The molecule has 1 heterocycles. The van der Waals surface area contributed by atoms with Gasteiger partial charge in [0, 0.05) is 22.3 Å². The van der Waals surface area contributed by atoms with E-state index >= 15 is 0 Å². The maximum atomic E-state index is 12.6. The molecule has 148 valence electrons. The Bertz CT molecular complexity index is 975. The zero-order valence-electron chi connectivity index (χ0n) is 16.4. The average Bonchev–Trinajstić information content (AvgIpc) is 2.73. The molecule has 5 nitrogen and oxygen atoms in total. The van der Waals surface area contributed by atoms with Crippen LogP contribution in [-0.4, -0.2) is 22.0 Å². The number of amides is 2. The highest BCUT2D eigenvalue weighted by molar-refractivity contribution is 8.00. The van der Waals surface area contributed by atoms with Crippen LogP contribution in [0.2, 0.25) is 0 Å². The predicted molar refractivity (Wildman–Crippen MR) is 118 cm³/mol. The van der Waals surface area contributed by atoms with Gasteiger partial charge in [-0.1, -0.05) is 36.8 Å².